The third-order valence-electron chi connectivity index (χ3n) is 2.14. The van der Waals surface area contributed by atoms with E-state index in [-0.39, 0.29) is 5.91 Å². The van der Waals surface area contributed by atoms with Crippen LogP contribution >= 0.6 is 0 Å². The minimum absolute atomic E-state index is 0.181. The molecule has 2 N–H and O–H groups in total. The molecule has 13 heavy (non-hydrogen) atoms. The third-order valence-corrected chi connectivity index (χ3v) is 2.14. The maximum Gasteiger partial charge on any atom is 0.277 e. The van der Waals surface area contributed by atoms with Gasteiger partial charge in [-0.05, 0) is 12.8 Å². The Hall–Kier alpha value is -0.710. The number of hydrogen-bond donors (Lipinski definition) is 1. The first kappa shape index (κ1) is 10.4. The van der Waals surface area contributed by atoms with Crippen LogP contribution in [0.2, 0.25) is 0 Å². The lowest BCUT2D eigenvalue weighted by Gasteiger charge is -2.29. The summed E-state index contributed by atoms with van der Waals surface area (Å²) in [4.78, 5) is 12.3. The highest BCUT2D eigenvalue weighted by molar-refractivity contribution is 5.76. The molecule has 0 aliphatic carbocycles. The van der Waals surface area contributed by atoms with Crippen LogP contribution < -0.4 is 5.73 Å². The fourth-order valence-corrected chi connectivity index (χ4v) is 1.37. The number of amides is 1. The van der Waals surface area contributed by atoms with Gasteiger partial charge in [-0.3, -0.25) is 4.79 Å². The molecule has 0 spiro atoms. The molecule has 76 valence electrons. The van der Waals surface area contributed by atoms with Gasteiger partial charge in [0.05, 0.1) is 13.1 Å². The topological polar surface area (TPSA) is 46.3 Å². The molecule has 1 heterocycles. The van der Waals surface area contributed by atoms with Gasteiger partial charge in [0.25, 0.3) is 5.92 Å². The Morgan fingerprint density at radius 3 is 2.69 bits per heavy atom. The van der Waals surface area contributed by atoms with Gasteiger partial charge in [-0.25, -0.2) is 8.78 Å². The summed E-state index contributed by atoms with van der Waals surface area (Å²) in [6.45, 7) is -0.784. The SMILES string of the molecule is NCC(F)(F)CN1CCCCC1=O. The first-order valence-corrected chi connectivity index (χ1v) is 4.41. The summed E-state index contributed by atoms with van der Waals surface area (Å²) in [5, 5.41) is 0. The fourth-order valence-electron chi connectivity index (χ4n) is 1.37. The van der Waals surface area contributed by atoms with Crippen molar-refractivity contribution in [2.24, 2.45) is 5.73 Å². The number of likely N-dealkylation sites (tertiary alicyclic amines) is 1. The Bertz CT molecular complexity index is 197. The molecular formula is C8H14F2N2O. The largest absolute Gasteiger partial charge is 0.337 e. The quantitative estimate of drug-likeness (QED) is 0.711. The second kappa shape index (κ2) is 4.00. The molecular weight excluding hydrogens is 178 g/mol. The average Bonchev–Trinajstić information content (AvgIpc) is 2.09. The number of carbonyl (C=O) groups is 1. The highest BCUT2D eigenvalue weighted by Gasteiger charge is 2.32. The van der Waals surface area contributed by atoms with E-state index in [2.05, 4.69) is 0 Å². The Morgan fingerprint density at radius 1 is 1.46 bits per heavy atom. The normalized spacial score (nSPS) is 19.3. The Balaban J connectivity index is 2.47. The number of alkyl halides is 2. The van der Waals surface area contributed by atoms with Gasteiger partial charge in [0.1, 0.15) is 0 Å². The third kappa shape index (κ3) is 2.91. The van der Waals surface area contributed by atoms with Crippen molar-refractivity contribution in [2.45, 2.75) is 25.2 Å². The molecule has 0 aromatic carbocycles. The predicted octanol–water partition coefficient (Wildman–Crippen LogP) is 0.593. The zero-order valence-electron chi connectivity index (χ0n) is 7.43. The van der Waals surface area contributed by atoms with Gasteiger partial charge in [0.2, 0.25) is 5.91 Å². The van der Waals surface area contributed by atoms with Crippen LogP contribution in [0.5, 0.6) is 0 Å². The fraction of sp³-hybridized carbons (Fsp3) is 0.875. The van der Waals surface area contributed by atoms with E-state index in [0.717, 1.165) is 12.8 Å². The highest BCUT2D eigenvalue weighted by Crippen LogP contribution is 2.17. The highest BCUT2D eigenvalue weighted by atomic mass is 19.3. The molecule has 3 nitrogen and oxygen atoms in total. The van der Waals surface area contributed by atoms with Crippen molar-refractivity contribution in [3.8, 4) is 0 Å². The van der Waals surface area contributed by atoms with Gasteiger partial charge in [-0.1, -0.05) is 0 Å². The summed E-state index contributed by atoms with van der Waals surface area (Å²) in [5.41, 5.74) is 4.88. The van der Waals surface area contributed by atoms with Crippen molar-refractivity contribution in [2.75, 3.05) is 19.6 Å². The summed E-state index contributed by atoms with van der Waals surface area (Å²) in [6.07, 6.45) is 2.01. The van der Waals surface area contributed by atoms with E-state index in [1.165, 1.54) is 4.90 Å². The van der Waals surface area contributed by atoms with Gasteiger partial charge in [-0.2, -0.15) is 0 Å². The van der Waals surface area contributed by atoms with Crippen LogP contribution in [0.25, 0.3) is 0 Å². The molecule has 1 fully saturated rings. The maximum atomic E-state index is 12.8. The van der Waals surface area contributed by atoms with Gasteiger partial charge in [-0.15, -0.1) is 0 Å². The van der Waals surface area contributed by atoms with Gasteiger partial charge in [0, 0.05) is 13.0 Å². The maximum absolute atomic E-state index is 12.8. The number of halogens is 2. The van der Waals surface area contributed by atoms with E-state index < -0.39 is 19.0 Å². The van der Waals surface area contributed by atoms with Crippen LogP contribution in [0.3, 0.4) is 0 Å². The zero-order chi connectivity index (χ0) is 9.90. The molecule has 0 atom stereocenters. The standard InChI is InChI=1S/C8H14F2N2O/c9-8(10,5-11)6-12-4-2-1-3-7(12)13/h1-6,11H2. The minimum atomic E-state index is -2.94. The number of hydrogen-bond acceptors (Lipinski definition) is 2. The molecule has 0 unspecified atom stereocenters. The van der Waals surface area contributed by atoms with Crippen molar-refractivity contribution in [3.05, 3.63) is 0 Å². The molecule has 1 amide bonds. The van der Waals surface area contributed by atoms with Crippen LogP contribution in [0.4, 0.5) is 8.78 Å². The van der Waals surface area contributed by atoms with E-state index >= 15 is 0 Å². The summed E-state index contributed by atoms with van der Waals surface area (Å²) >= 11 is 0. The number of piperidine rings is 1. The number of carbonyl (C=O) groups excluding carboxylic acids is 1. The lowest BCUT2D eigenvalue weighted by molar-refractivity contribution is -0.138. The molecule has 1 saturated heterocycles. The summed E-state index contributed by atoms with van der Waals surface area (Å²) < 4.78 is 25.6. The summed E-state index contributed by atoms with van der Waals surface area (Å²) in [5.74, 6) is -3.12. The Labute approximate surface area is 75.9 Å². The van der Waals surface area contributed by atoms with Gasteiger partial charge >= 0.3 is 0 Å². The Kier molecular flexibility index (Phi) is 3.19. The lowest BCUT2D eigenvalue weighted by Crippen LogP contribution is -2.46. The van der Waals surface area contributed by atoms with Crippen LogP contribution in [-0.4, -0.2) is 36.4 Å². The lowest BCUT2D eigenvalue weighted by atomic mass is 10.1. The van der Waals surface area contributed by atoms with E-state index in [0.29, 0.717) is 13.0 Å². The van der Waals surface area contributed by atoms with E-state index in [1.54, 1.807) is 0 Å². The summed E-state index contributed by atoms with van der Waals surface area (Å²) in [7, 11) is 0. The molecule has 0 aromatic heterocycles. The molecule has 0 aromatic rings. The van der Waals surface area contributed by atoms with Crippen molar-refractivity contribution in [1.82, 2.24) is 4.90 Å². The second-order valence-corrected chi connectivity index (χ2v) is 3.33. The molecule has 5 heteroatoms. The molecule has 0 radical (unpaired) electrons. The molecule has 1 aliphatic heterocycles. The monoisotopic (exact) mass is 192 g/mol. The molecule has 1 aliphatic rings. The van der Waals surface area contributed by atoms with Crippen molar-refractivity contribution in [1.29, 1.82) is 0 Å². The number of nitrogens with two attached hydrogens (primary N) is 1. The minimum Gasteiger partial charge on any atom is -0.337 e. The van der Waals surface area contributed by atoms with Crippen LogP contribution in [0, 0.1) is 0 Å². The number of rotatable bonds is 3. The van der Waals surface area contributed by atoms with Crippen molar-refractivity contribution >= 4 is 5.91 Å². The predicted molar refractivity (Wildman–Crippen MR) is 44.4 cm³/mol. The van der Waals surface area contributed by atoms with Crippen LogP contribution in [0.1, 0.15) is 19.3 Å². The second-order valence-electron chi connectivity index (χ2n) is 3.33. The van der Waals surface area contributed by atoms with Gasteiger partial charge < -0.3 is 10.6 Å². The van der Waals surface area contributed by atoms with Crippen molar-refractivity contribution < 1.29 is 13.6 Å². The van der Waals surface area contributed by atoms with E-state index in [4.69, 9.17) is 5.73 Å². The Morgan fingerprint density at radius 2 is 2.15 bits per heavy atom. The number of nitrogens with zero attached hydrogens (tertiary/aromatic N) is 1. The first-order valence-electron chi connectivity index (χ1n) is 4.41. The van der Waals surface area contributed by atoms with E-state index in [9.17, 15) is 13.6 Å². The first-order chi connectivity index (χ1) is 6.05. The van der Waals surface area contributed by atoms with Gasteiger partial charge in [0.15, 0.2) is 0 Å². The zero-order valence-corrected chi connectivity index (χ0v) is 7.43. The van der Waals surface area contributed by atoms with Crippen LogP contribution in [-0.2, 0) is 4.79 Å². The average molecular weight is 192 g/mol. The molecule has 0 bridgehead atoms. The summed E-state index contributed by atoms with van der Waals surface area (Å²) in [6, 6.07) is 0. The van der Waals surface area contributed by atoms with Crippen molar-refractivity contribution in [3.63, 3.8) is 0 Å². The molecule has 0 saturated carbocycles. The van der Waals surface area contributed by atoms with Crippen LogP contribution in [0.15, 0.2) is 0 Å². The smallest absolute Gasteiger partial charge is 0.277 e. The molecule has 1 rings (SSSR count). The van der Waals surface area contributed by atoms with E-state index in [1.807, 2.05) is 0 Å².